The molecule has 78 valence electrons. The van der Waals surface area contributed by atoms with E-state index in [-0.39, 0.29) is 11.1 Å². The van der Waals surface area contributed by atoms with Crippen molar-refractivity contribution in [1.82, 2.24) is 0 Å². The van der Waals surface area contributed by atoms with Gasteiger partial charge in [0.25, 0.3) is 0 Å². The fourth-order valence-corrected chi connectivity index (χ4v) is 1.26. The van der Waals surface area contributed by atoms with E-state index in [0.717, 1.165) is 7.11 Å². The molecule has 0 radical (unpaired) electrons. The molecule has 0 spiro atoms. The van der Waals surface area contributed by atoms with Gasteiger partial charge in [0.05, 0.1) is 12.7 Å². The van der Waals surface area contributed by atoms with E-state index in [1.807, 2.05) is 6.92 Å². The summed E-state index contributed by atoms with van der Waals surface area (Å²) in [4.78, 5) is 11.2. The predicted octanol–water partition coefficient (Wildman–Crippen LogP) is 2.05. The fourth-order valence-electron chi connectivity index (χ4n) is 1.26. The van der Waals surface area contributed by atoms with Crippen molar-refractivity contribution < 1.29 is 13.9 Å². The summed E-state index contributed by atoms with van der Waals surface area (Å²) in [5.74, 6) is -1.54. The van der Waals surface area contributed by atoms with E-state index in [0.29, 0.717) is 12.0 Å². The van der Waals surface area contributed by atoms with Crippen LogP contribution in [0.25, 0.3) is 0 Å². The SMILES string of the molecule is CCc1cc(F)c(C(=O)OC)c(C#N)c1. The fraction of sp³-hybridized carbons (Fsp3) is 0.273. The highest BCUT2D eigenvalue weighted by Crippen LogP contribution is 2.17. The van der Waals surface area contributed by atoms with Crippen molar-refractivity contribution in [3.63, 3.8) is 0 Å². The Labute approximate surface area is 87.1 Å². The molecule has 0 heterocycles. The predicted molar refractivity (Wildman–Crippen MR) is 51.8 cm³/mol. The van der Waals surface area contributed by atoms with Crippen LogP contribution in [0.5, 0.6) is 0 Å². The molecule has 0 aliphatic heterocycles. The quantitative estimate of drug-likeness (QED) is 0.697. The molecular weight excluding hydrogens is 197 g/mol. The van der Waals surface area contributed by atoms with Crippen molar-refractivity contribution in [2.24, 2.45) is 0 Å². The van der Waals surface area contributed by atoms with E-state index in [1.165, 1.54) is 12.1 Å². The number of carbonyl (C=O) groups excluding carboxylic acids is 1. The second-order valence-corrected chi connectivity index (χ2v) is 2.96. The molecular formula is C11H10FNO2. The van der Waals surface area contributed by atoms with Crippen molar-refractivity contribution in [3.8, 4) is 6.07 Å². The molecule has 1 rings (SSSR count). The molecule has 0 aliphatic rings. The maximum absolute atomic E-state index is 13.5. The zero-order valence-corrected chi connectivity index (χ0v) is 8.50. The van der Waals surface area contributed by atoms with Crippen molar-refractivity contribution in [2.75, 3.05) is 7.11 Å². The van der Waals surface area contributed by atoms with Gasteiger partial charge in [-0.05, 0) is 24.1 Å². The summed E-state index contributed by atoms with van der Waals surface area (Å²) in [6, 6.07) is 4.52. The first kappa shape index (κ1) is 11.2. The van der Waals surface area contributed by atoms with Gasteiger partial charge in [-0.15, -0.1) is 0 Å². The minimum atomic E-state index is -0.827. The molecule has 0 aliphatic carbocycles. The third-order valence-electron chi connectivity index (χ3n) is 2.07. The standard InChI is InChI=1S/C11H10FNO2/c1-3-7-4-8(6-13)10(9(12)5-7)11(14)15-2/h4-5H,3H2,1-2H3. The highest BCUT2D eigenvalue weighted by Gasteiger charge is 2.18. The van der Waals surface area contributed by atoms with E-state index in [1.54, 1.807) is 6.07 Å². The van der Waals surface area contributed by atoms with Crippen LogP contribution in [0.15, 0.2) is 12.1 Å². The van der Waals surface area contributed by atoms with Gasteiger partial charge >= 0.3 is 5.97 Å². The topological polar surface area (TPSA) is 50.1 Å². The van der Waals surface area contributed by atoms with Crippen LogP contribution in [0.3, 0.4) is 0 Å². The van der Waals surface area contributed by atoms with Crippen molar-refractivity contribution in [2.45, 2.75) is 13.3 Å². The average Bonchev–Trinajstić information content (AvgIpc) is 2.26. The molecule has 0 bridgehead atoms. The first-order valence-electron chi connectivity index (χ1n) is 4.44. The van der Waals surface area contributed by atoms with Crippen LogP contribution in [0, 0.1) is 17.1 Å². The maximum Gasteiger partial charge on any atom is 0.342 e. The number of nitriles is 1. The van der Waals surface area contributed by atoms with Crippen LogP contribution in [0.2, 0.25) is 0 Å². The lowest BCUT2D eigenvalue weighted by Gasteiger charge is -2.05. The number of benzene rings is 1. The lowest BCUT2D eigenvalue weighted by atomic mass is 10.0. The number of methoxy groups -OCH3 is 1. The molecule has 0 amide bonds. The Morgan fingerprint density at radius 3 is 2.73 bits per heavy atom. The third kappa shape index (κ3) is 2.13. The van der Waals surface area contributed by atoms with Crippen LogP contribution in [0.4, 0.5) is 4.39 Å². The highest BCUT2D eigenvalue weighted by atomic mass is 19.1. The molecule has 0 saturated heterocycles. The molecule has 1 aromatic rings. The Bertz CT molecular complexity index is 435. The summed E-state index contributed by atoms with van der Waals surface area (Å²) < 4.78 is 17.9. The zero-order chi connectivity index (χ0) is 11.4. The van der Waals surface area contributed by atoms with E-state index in [4.69, 9.17) is 5.26 Å². The Balaban J connectivity index is 3.39. The summed E-state index contributed by atoms with van der Waals surface area (Å²) in [6.45, 7) is 1.84. The second kappa shape index (κ2) is 4.56. The van der Waals surface area contributed by atoms with Crippen molar-refractivity contribution >= 4 is 5.97 Å². The highest BCUT2D eigenvalue weighted by molar-refractivity contribution is 5.92. The van der Waals surface area contributed by atoms with Crippen LogP contribution in [-0.2, 0) is 11.2 Å². The molecule has 0 atom stereocenters. The summed E-state index contributed by atoms with van der Waals surface area (Å²) in [6.07, 6.45) is 0.604. The van der Waals surface area contributed by atoms with Gasteiger partial charge in [-0.25, -0.2) is 9.18 Å². The zero-order valence-electron chi connectivity index (χ0n) is 8.50. The van der Waals surface area contributed by atoms with Crippen LogP contribution < -0.4 is 0 Å². The van der Waals surface area contributed by atoms with Gasteiger partial charge in [-0.2, -0.15) is 5.26 Å². The minimum Gasteiger partial charge on any atom is -0.465 e. The first-order chi connectivity index (χ1) is 7.13. The Hall–Kier alpha value is -1.89. The summed E-state index contributed by atoms with van der Waals surface area (Å²) in [5, 5.41) is 8.78. The molecule has 0 N–H and O–H groups in total. The maximum atomic E-state index is 13.5. The second-order valence-electron chi connectivity index (χ2n) is 2.96. The monoisotopic (exact) mass is 207 g/mol. The smallest absolute Gasteiger partial charge is 0.342 e. The van der Waals surface area contributed by atoms with Crippen LogP contribution in [-0.4, -0.2) is 13.1 Å². The van der Waals surface area contributed by atoms with Crippen molar-refractivity contribution in [3.05, 3.63) is 34.6 Å². The van der Waals surface area contributed by atoms with Gasteiger partial charge in [0.15, 0.2) is 0 Å². The van der Waals surface area contributed by atoms with E-state index >= 15 is 0 Å². The van der Waals surface area contributed by atoms with Gasteiger partial charge in [-0.3, -0.25) is 0 Å². The number of ether oxygens (including phenoxy) is 1. The van der Waals surface area contributed by atoms with Gasteiger partial charge in [0.2, 0.25) is 0 Å². The van der Waals surface area contributed by atoms with Crippen molar-refractivity contribution in [1.29, 1.82) is 5.26 Å². The molecule has 1 aromatic carbocycles. The third-order valence-corrected chi connectivity index (χ3v) is 2.07. The Morgan fingerprint density at radius 1 is 1.60 bits per heavy atom. The minimum absolute atomic E-state index is 0.0127. The molecule has 15 heavy (non-hydrogen) atoms. The van der Waals surface area contributed by atoms with Gasteiger partial charge in [0.1, 0.15) is 17.4 Å². The number of aryl methyl sites for hydroxylation is 1. The number of hydrogen-bond donors (Lipinski definition) is 0. The normalized spacial score (nSPS) is 9.47. The van der Waals surface area contributed by atoms with Crippen LogP contribution in [0.1, 0.15) is 28.4 Å². The van der Waals surface area contributed by atoms with E-state index in [9.17, 15) is 9.18 Å². The lowest BCUT2D eigenvalue weighted by Crippen LogP contribution is -2.08. The molecule has 0 fully saturated rings. The molecule has 4 heteroatoms. The first-order valence-corrected chi connectivity index (χ1v) is 4.44. The number of rotatable bonds is 2. The number of carbonyl (C=O) groups is 1. The molecule has 3 nitrogen and oxygen atoms in total. The number of halogens is 1. The summed E-state index contributed by atoms with van der Waals surface area (Å²) in [5.41, 5.74) is 0.396. The van der Waals surface area contributed by atoms with Gasteiger partial charge < -0.3 is 4.74 Å². The number of nitrogens with zero attached hydrogens (tertiary/aromatic N) is 1. The number of hydrogen-bond acceptors (Lipinski definition) is 3. The number of esters is 1. The van der Waals surface area contributed by atoms with E-state index in [2.05, 4.69) is 4.74 Å². The average molecular weight is 207 g/mol. The molecule has 0 unspecified atom stereocenters. The Morgan fingerprint density at radius 2 is 2.27 bits per heavy atom. The lowest BCUT2D eigenvalue weighted by molar-refractivity contribution is 0.0595. The summed E-state index contributed by atoms with van der Waals surface area (Å²) >= 11 is 0. The Kier molecular flexibility index (Phi) is 3.40. The van der Waals surface area contributed by atoms with Crippen LogP contribution >= 0.6 is 0 Å². The van der Waals surface area contributed by atoms with Gasteiger partial charge in [-0.1, -0.05) is 6.92 Å². The van der Waals surface area contributed by atoms with E-state index < -0.39 is 11.8 Å². The molecule has 0 aromatic heterocycles. The largest absolute Gasteiger partial charge is 0.465 e. The van der Waals surface area contributed by atoms with Gasteiger partial charge in [0, 0.05) is 0 Å². The molecule has 0 saturated carbocycles. The summed E-state index contributed by atoms with van der Waals surface area (Å²) in [7, 11) is 1.15.